The third-order valence-electron chi connectivity index (χ3n) is 5.08. The maximum atomic E-state index is 12.6. The molecule has 0 saturated carbocycles. The van der Waals surface area contributed by atoms with Crippen molar-refractivity contribution in [2.75, 3.05) is 31.6 Å². The van der Waals surface area contributed by atoms with Crippen molar-refractivity contribution in [1.82, 2.24) is 9.88 Å². The van der Waals surface area contributed by atoms with Crippen molar-refractivity contribution in [1.29, 1.82) is 0 Å². The molecule has 1 aliphatic rings. The van der Waals surface area contributed by atoms with Gasteiger partial charge in [0.1, 0.15) is 0 Å². The van der Waals surface area contributed by atoms with E-state index in [-0.39, 0.29) is 5.91 Å². The SMILES string of the molecule is CN(CC(=O)N1CCC(c2nc3ccccc3s2)CC1)c1ccccc1. The van der Waals surface area contributed by atoms with Gasteiger partial charge in [0.2, 0.25) is 5.91 Å². The Bertz CT molecular complexity index is 851. The summed E-state index contributed by atoms with van der Waals surface area (Å²) < 4.78 is 1.26. The van der Waals surface area contributed by atoms with Crippen LogP contribution in [0, 0.1) is 0 Å². The quantitative estimate of drug-likeness (QED) is 0.697. The van der Waals surface area contributed by atoms with E-state index in [2.05, 4.69) is 18.2 Å². The number of amides is 1. The van der Waals surface area contributed by atoms with Gasteiger partial charge in [-0.3, -0.25) is 4.79 Å². The number of likely N-dealkylation sites (N-methyl/N-ethyl adjacent to an activating group) is 1. The molecule has 0 spiro atoms. The van der Waals surface area contributed by atoms with E-state index in [4.69, 9.17) is 4.98 Å². The molecule has 4 nitrogen and oxygen atoms in total. The molecule has 26 heavy (non-hydrogen) atoms. The molecule has 1 aliphatic heterocycles. The summed E-state index contributed by atoms with van der Waals surface area (Å²) in [5, 5.41) is 1.22. The van der Waals surface area contributed by atoms with Gasteiger partial charge >= 0.3 is 0 Å². The van der Waals surface area contributed by atoms with Gasteiger partial charge in [0.05, 0.1) is 21.8 Å². The summed E-state index contributed by atoms with van der Waals surface area (Å²) in [5.74, 6) is 0.683. The van der Waals surface area contributed by atoms with Crippen LogP contribution in [0.25, 0.3) is 10.2 Å². The third kappa shape index (κ3) is 3.58. The Labute approximate surface area is 158 Å². The summed E-state index contributed by atoms with van der Waals surface area (Å²) in [4.78, 5) is 21.5. The number of rotatable bonds is 4. The van der Waals surface area contributed by atoms with Crippen molar-refractivity contribution in [2.45, 2.75) is 18.8 Å². The minimum Gasteiger partial charge on any atom is -0.365 e. The number of aromatic nitrogens is 1. The second-order valence-corrected chi connectivity index (χ2v) is 7.93. The second kappa shape index (κ2) is 7.46. The topological polar surface area (TPSA) is 36.4 Å². The molecule has 3 aromatic rings. The Hall–Kier alpha value is -2.40. The molecule has 0 atom stereocenters. The molecule has 0 bridgehead atoms. The Kier molecular flexibility index (Phi) is 4.89. The summed E-state index contributed by atoms with van der Waals surface area (Å²) in [6.07, 6.45) is 2.00. The number of benzene rings is 2. The Balaban J connectivity index is 1.35. The summed E-state index contributed by atoms with van der Waals surface area (Å²) in [5.41, 5.74) is 2.17. The van der Waals surface area contributed by atoms with E-state index in [1.54, 1.807) is 11.3 Å². The van der Waals surface area contributed by atoms with Crippen LogP contribution < -0.4 is 4.90 Å². The predicted octanol–water partition coefficient (Wildman–Crippen LogP) is 4.14. The summed E-state index contributed by atoms with van der Waals surface area (Å²) in [6.45, 7) is 2.07. The molecule has 2 heterocycles. The molecule has 1 saturated heterocycles. The smallest absolute Gasteiger partial charge is 0.242 e. The lowest BCUT2D eigenvalue weighted by Crippen LogP contribution is -2.43. The molecule has 1 amide bonds. The Morgan fingerprint density at radius 3 is 2.54 bits per heavy atom. The van der Waals surface area contributed by atoms with Crippen molar-refractivity contribution >= 4 is 33.1 Å². The highest BCUT2D eigenvalue weighted by Crippen LogP contribution is 2.33. The van der Waals surface area contributed by atoms with Gasteiger partial charge in [-0.15, -0.1) is 11.3 Å². The second-order valence-electron chi connectivity index (χ2n) is 6.87. The molecule has 0 aliphatic carbocycles. The van der Waals surface area contributed by atoms with Gasteiger partial charge in [-0.2, -0.15) is 0 Å². The van der Waals surface area contributed by atoms with Crippen LogP contribution in [-0.2, 0) is 4.79 Å². The van der Waals surface area contributed by atoms with Crippen LogP contribution in [-0.4, -0.2) is 42.5 Å². The lowest BCUT2D eigenvalue weighted by atomic mass is 9.97. The number of para-hydroxylation sites is 2. The molecular formula is C21H23N3OS. The van der Waals surface area contributed by atoms with E-state index >= 15 is 0 Å². The van der Waals surface area contributed by atoms with Crippen LogP contribution in [0.1, 0.15) is 23.8 Å². The molecule has 134 valence electrons. The molecule has 4 rings (SSSR count). The number of nitrogens with zero attached hydrogens (tertiary/aromatic N) is 3. The fraction of sp³-hybridized carbons (Fsp3) is 0.333. The number of piperidine rings is 1. The van der Waals surface area contributed by atoms with Crippen molar-refractivity contribution in [2.24, 2.45) is 0 Å². The number of carbonyl (C=O) groups is 1. The van der Waals surface area contributed by atoms with Gasteiger partial charge in [0, 0.05) is 31.7 Å². The molecule has 0 radical (unpaired) electrons. The van der Waals surface area contributed by atoms with Gasteiger partial charge in [-0.1, -0.05) is 30.3 Å². The fourth-order valence-electron chi connectivity index (χ4n) is 3.52. The summed E-state index contributed by atoms with van der Waals surface area (Å²) in [6, 6.07) is 18.4. The van der Waals surface area contributed by atoms with Gasteiger partial charge in [-0.25, -0.2) is 4.98 Å². The Morgan fingerprint density at radius 2 is 1.81 bits per heavy atom. The number of hydrogen-bond acceptors (Lipinski definition) is 4. The van der Waals surface area contributed by atoms with Crippen LogP contribution in [0.3, 0.4) is 0 Å². The minimum absolute atomic E-state index is 0.208. The lowest BCUT2D eigenvalue weighted by Gasteiger charge is -2.32. The van der Waals surface area contributed by atoms with Gasteiger partial charge in [0.15, 0.2) is 0 Å². The van der Waals surface area contributed by atoms with E-state index in [0.29, 0.717) is 12.5 Å². The summed E-state index contributed by atoms with van der Waals surface area (Å²) >= 11 is 1.80. The third-order valence-corrected chi connectivity index (χ3v) is 6.28. The maximum Gasteiger partial charge on any atom is 0.242 e. The highest BCUT2D eigenvalue weighted by Gasteiger charge is 2.26. The van der Waals surface area contributed by atoms with E-state index in [1.807, 2.05) is 53.2 Å². The zero-order valence-corrected chi connectivity index (χ0v) is 15.8. The Morgan fingerprint density at radius 1 is 1.12 bits per heavy atom. The summed E-state index contributed by atoms with van der Waals surface area (Å²) in [7, 11) is 1.97. The van der Waals surface area contributed by atoms with Crippen LogP contribution in [0.2, 0.25) is 0 Å². The monoisotopic (exact) mass is 365 g/mol. The van der Waals surface area contributed by atoms with E-state index in [0.717, 1.165) is 37.1 Å². The lowest BCUT2D eigenvalue weighted by molar-refractivity contribution is -0.130. The largest absolute Gasteiger partial charge is 0.365 e. The van der Waals surface area contributed by atoms with E-state index < -0.39 is 0 Å². The zero-order valence-electron chi connectivity index (χ0n) is 15.0. The predicted molar refractivity (Wildman–Crippen MR) is 108 cm³/mol. The van der Waals surface area contributed by atoms with Crippen LogP contribution in [0.15, 0.2) is 54.6 Å². The number of hydrogen-bond donors (Lipinski definition) is 0. The molecule has 2 aromatic carbocycles. The molecule has 5 heteroatoms. The van der Waals surface area contributed by atoms with Crippen LogP contribution >= 0.6 is 11.3 Å². The number of carbonyl (C=O) groups excluding carboxylic acids is 1. The first-order chi connectivity index (χ1) is 12.7. The fourth-order valence-corrected chi connectivity index (χ4v) is 4.65. The van der Waals surface area contributed by atoms with E-state index in [1.165, 1.54) is 9.71 Å². The highest BCUT2D eigenvalue weighted by molar-refractivity contribution is 7.18. The highest BCUT2D eigenvalue weighted by atomic mass is 32.1. The van der Waals surface area contributed by atoms with Crippen molar-refractivity contribution in [3.05, 3.63) is 59.6 Å². The molecule has 1 fully saturated rings. The average Bonchev–Trinajstić information content (AvgIpc) is 3.13. The normalized spacial score (nSPS) is 15.3. The zero-order chi connectivity index (χ0) is 17.9. The van der Waals surface area contributed by atoms with Gasteiger partial charge in [-0.05, 0) is 37.1 Å². The van der Waals surface area contributed by atoms with Crippen molar-refractivity contribution < 1.29 is 4.79 Å². The van der Waals surface area contributed by atoms with Crippen LogP contribution in [0.4, 0.5) is 5.69 Å². The number of thiazole rings is 1. The van der Waals surface area contributed by atoms with Crippen molar-refractivity contribution in [3.63, 3.8) is 0 Å². The van der Waals surface area contributed by atoms with Crippen LogP contribution in [0.5, 0.6) is 0 Å². The molecular weight excluding hydrogens is 342 g/mol. The first-order valence-electron chi connectivity index (χ1n) is 9.10. The van der Waals surface area contributed by atoms with Crippen molar-refractivity contribution in [3.8, 4) is 0 Å². The van der Waals surface area contributed by atoms with Gasteiger partial charge in [0.25, 0.3) is 0 Å². The van der Waals surface area contributed by atoms with E-state index in [9.17, 15) is 4.79 Å². The minimum atomic E-state index is 0.208. The molecule has 1 aromatic heterocycles. The number of anilines is 1. The standard InChI is InChI=1S/C21H23N3OS/c1-23(17-7-3-2-4-8-17)15-20(25)24-13-11-16(12-14-24)21-22-18-9-5-6-10-19(18)26-21/h2-10,16H,11-15H2,1H3. The molecule has 0 N–H and O–H groups in total. The average molecular weight is 366 g/mol. The first kappa shape index (κ1) is 17.0. The number of likely N-dealkylation sites (tertiary alicyclic amines) is 1. The maximum absolute atomic E-state index is 12.6. The first-order valence-corrected chi connectivity index (χ1v) is 9.92. The molecule has 0 unspecified atom stereocenters. The number of fused-ring (bicyclic) bond motifs is 1. The van der Waals surface area contributed by atoms with Gasteiger partial charge < -0.3 is 9.80 Å².